The van der Waals surface area contributed by atoms with Gasteiger partial charge in [0.25, 0.3) is 18.2 Å². The first kappa shape index (κ1) is 27.1. The van der Waals surface area contributed by atoms with E-state index in [1.165, 1.54) is 0 Å². The summed E-state index contributed by atoms with van der Waals surface area (Å²) in [7, 11) is 0. The molecule has 0 aliphatic carbocycles. The second-order valence-electron chi connectivity index (χ2n) is 9.78. The number of rotatable bonds is 7. The van der Waals surface area contributed by atoms with Crippen molar-refractivity contribution in [2.75, 3.05) is 38.0 Å². The van der Waals surface area contributed by atoms with Gasteiger partial charge in [-0.3, -0.25) is 14.5 Å². The number of alkyl halides is 2. The Hall–Kier alpha value is -3.53. The summed E-state index contributed by atoms with van der Waals surface area (Å²) in [6, 6.07) is 13.2. The summed E-state index contributed by atoms with van der Waals surface area (Å²) < 4.78 is 24.4. The molecule has 1 aliphatic rings. The third-order valence-corrected chi connectivity index (χ3v) is 5.55. The molecule has 36 heavy (non-hydrogen) atoms. The maximum atomic E-state index is 12.9. The van der Waals surface area contributed by atoms with Crippen molar-refractivity contribution in [1.82, 2.24) is 20.4 Å². The lowest BCUT2D eigenvalue weighted by atomic mass is 10.1. The van der Waals surface area contributed by atoms with Crippen molar-refractivity contribution in [1.29, 1.82) is 0 Å². The van der Waals surface area contributed by atoms with Crippen LogP contribution in [-0.4, -0.2) is 72.3 Å². The largest absolute Gasteiger partial charge is 0.347 e. The van der Waals surface area contributed by atoms with Crippen LogP contribution in [0.2, 0.25) is 0 Å². The van der Waals surface area contributed by atoms with Crippen LogP contribution in [0.15, 0.2) is 48.5 Å². The molecule has 0 radical (unpaired) electrons. The number of carbonyl (C=O) groups excluding carboxylic acids is 3. The van der Waals surface area contributed by atoms with Gasteiger partial charge in [-0.15, -0.1) is 0 Å². The van der Waals surface area contributed by atoms with Crippen molar-refractivity contribution >= 4 is 23.5 Å². The summed E-state index contributed by atoms with van der Waals surface area (Å²) in [6.45, 7) is 8.33. The molecule has 0 aromatic heterocycles. The van der Waals surface area contributed by atoms with Crippen LogP contribution in [0.25, 0.3) is 0 Å². The highest BCUT2D eigenvalue weighted by molar-refractivity contribution is 5.96. The van der Waals surface area contributed by atoms with Crippen LogP contribution >= 0.6 is 0 Å². The molecular formula is C26H33F2N5O3. The third kappa shape index (κ3) is 8.30. The van der Waals surface area contributed by atoms with E-state index in [4.69, 9.17) is 0 Å². The van der Waals surface area contributed by atoms with E-state index in [2.05, 4.69) is 20.9 Å². The van der Waals surface area contributed by atoms with Crippen molar-refractivity contribution in [2.45, 2.75) is 39.3 Å². The van der Waals surface area contributed by atoms with Gasteiger partial charge >= 0.3 is 6.03 Å². The number of hydrogen-bond acceptors (Lipinski definition) is 4. The third-order valence-electron chi connectivity index (χ3n) is 5.55. The lowest BCUT2D eigenvalue weighted by molar-refractivity contribution is 0.0628. The second kappa shape index (κ2) is 11.9. The van der Waals surface area contributed by atoms with Crippen LogP contribution in [0, 0.1) is 0 Å². The standard InChI is InChI=1S/C26H33F2N5O3/c1-26(2,3)31-23(34)20-6-4-5-18(15-20)17-32-11-13-33(14-12-32)24(35)19-7-9-21(10-8-19)30-25(36)29-16-22(27)28/h4-10,15,22H,11-14,16-17H2,1-3H3,(H,31,34)(H2,29,30,36). The monoisotopic (exact) mass is 501 g/mol. The van der Waals surface area contributed by atoms with Crippen LogP contribution in [-0.2, 0) is 6.54 Å². The van der Waals surface area contributed by atoms with Gasteiger partial charge in [-0.25, -0.2) is 13.6 Å². The molecular weight excluding hydrogens is 468 g/mol. The Kier molecular flexibility index (Phi) is 8.98. The van der Waals surface area contributed by atoms with Gasteiger partial charge < -0.3 is 20.9 Å². The van der Waals surface area contributed by atoms with Gasteiger partial charge in [-0.05, 0) is 62.7 Å². The van der Waals surface area contributed by atoms with E-state index in [1.54, 1.807) is 35.2 Å². The first-order valence-electron chi connectivity index (χ1n) is 11.9. The second-order valence-corrected chi connectivity index (χ2v) is 9.78. The van der Waals surface area contributed by atoms with Crippen molar-refractivity contribution < 1.29 is 23.2 Å². The Labute approximate surface area is 210 Å². The summed E-state index contributed by atoms with van der Waals surface area (Å²) in [5, 5.41) is 7.49. The molecule has 0 bridgehead atoms. The number of benzene rings is 2. The van der Waals surface area contributed by atoms with Crippen LogP contribution in [0.4, 0.5) is 19.3 Å². The maximum absolute atomic E-state index is 12.9. The van der Waals surface area contributed by atoms with Gasteiger partial charge in [0.05, 0.1) is 6.54 Å². The van der Waals surface area contributed by atoms with Gasteiger partial charge in [0.15, 0.2) is 0 Å². The molecule has 1 fully saturated rings. The summed E-state index contributed by atoms with van der Waals surface area (Å²) in [5.74, 6) is -0.209. The Bertz CT molecular complexity index is 1060. The van der Waals surface area contributed by atoms with Crippen molar-refractivity contribution in [3.8, 4) is 0 Å². The average molecular weight is 502 g/mol. The molecule has 3 N–H and O–H groups in total. The van der Waals surface area contributed by atoms with E-state index >= 15 is 0 Å². The molecule has 1 saturated heterocycles. The zero-order chi connectivity index (χ0) is 26.3. The van der Waals surface area contributed by atoms with Crippen molar-refractivity contribution in [3.05, 3.63) is 65.2 Å². The maximum Gasteiger partial charge on any atom is 0.319 e. The lowest BCUT2D eigenvalue weighted by Crippen LogP contribution is -2.48. The van der Waals surface area contributed by atoms with Gasteiger partial charge in [0, 0.05) is 55.1 Å². The summed E-state index contributed by atoms with van der Waals surface area (Å²) in [6.07, 6.45) is -2.62. The van der Waals surface area contributed by atoms with Crippen LogP contribution in [0.3, 0.4) is 0 Å². The quantitative estimate of drug-likeness (QED) is 0.541. The molecule has 10 heteroatoms. The molecule has 8 nitrogen and oxygen atoms in total. The van der Waals surface area contributed by atoms with Gasteiger partial charge in [-0.2, -0.15) is 0 Å². The molecule has 1 heterocycles. The number of amides is 4. The minimum atomic E-state index is -2.62. The van der Waals surface area contributed by atoms with Crippen molar-refractivity contribution in [2.24, 2.45) is 0 Å². The van der Waals surface area contributed by atoms with Crippen LogP contribution in [0.1, 0.15) is 47.1 Å². The van der Waals surface area contributed by atoms with E-state index in [9.17, 15) is 23.2 Å². The average Bonchev–Trinajstić information content (AvgIpc) is 2.82. The van der Waals surface area contributed by atoms with Crippen LogP contribution in [0.5, 0.6) is 0 Å². The van der Waals surface area contributed by atoms with E-state index < -0.39 is 19.0 Å². The Morgan fingerprint density at radius 2 is 1.61 bits per heavy atom. The molecule has 0 atom stereocenters. The molecule has 194 valence electrons. The Morgan fingerprint density at radius 3 is 2.22 bits per heavy atom. The normalized spacial score (nSPS) is 14.4. The number of carbonyl (C=O) groups is 3. The zero-order valence-electron chi connectivity index (χ0n) is 20.8. The number of anilines is 1. The van der Waals surface area contributed by atoms with Crippen LogP contribution < -0.4 is 16.0 Å². The smallest absolute Gasteiger partial charge is 0.319 e. The number of nitrogens with zero attached hydrogens (tertiary/aromatic N) is 2. The molecule has 2 aromatic rings. The molecule has 0 unspecified atom stereocenters. The van der Waals surface area contributed by atoms with E-state index in [0.29, 0.717) is 49.5 Å². The predicted octanol–water partition coefficient (Wildman–Crippen LogP) is 3.56. The molecule has 3 rings (SSSR count). The summed E-state index contributed by atoms with van der Waals surface area (Å²) >= 11 is 0. The summed E-state index contributed by atoms with van der Waals surface area (Å²) in [5.41, 5.74) is 2.25. The molecule has 2 aromatic carbocycles. The Balaban J connectivity index is 1.49. The lowest BCUT2D eigenvalue weighted by Gasteiger charge is -2.35. The predicted molar refractivity (Wildman–Crippen MR) is 134 cm³/mol. The van der Waals surface area contributed by atoms with E-state index in [-0.39, 0.29) is 17.4 Å². The highest BCUT2D eigenvalue weighted by Crippen LogP contribution is 2.16. The topological polar surface area (TPSA) is 93.8 Å². The molecule has 4 amide bonds. The van der Waals surface area contributed by atoms with Crippen molar-refractivity contribution in [3.63, 3.8) is 0 Å². The minimum Gasteiger partial charge on any atom is -0.347 e. The number of piperazine rings is 1. The number of hydrogen-bond donors (Lipinski definition) is 3. The fraction of sp³-hybridized carbons (Fsp3) is 0.423. The minimum absolute atomic E-state index is 0.102. The number of halogens is 2. The zero-order valence-corrected chi connectivity index (χ0v) is 20.8. The first-order chi connectivity index (χ1) is 17.0. The number of urea groups is 1. The van der Waals surface area contributed by atoms with Gasteiger partial charge in [0.2, 0.25) is 0 Å². The fourth-order valence-electron chi connectivity index (χ4n) is 3.81. The molecule has 0 spiro atoms. The molecule has 1 aliphatic heterocycles. The number of nitrogens with one attached hydrogen (secondary N) is 3. The SMILES string of the molecule is CC(C)(C)NC(=O)c1cccc(CN2CCN(C(=O)c3ccc(NC(=O)NCC(F)F)cc3)CC2)c1. The van der Waals surface area contributed by atoms with Gasteiger partial charge in [-0.1, -0.05) is 12.1 Å². The summed E-state index contributed by atoms with van der Waals surface area (Å²) in [4.78, 5) is 41.0. The highest BCUT2D eigenvalue weighted by atomic mass is 19.3. The Morgan fingerprint density at radius 1 is 0.944 bits per heavy atom. The first-order valence-corrected chi connectivity index (χ1v) is 11.9. The highest BCUT2D eigenvalue weighted by Gasteiger charge is 2.23. The van der Waals surface area contributed by atoms with Gasteiger partial charge in [0.1, 0.15) is 0 Å². The molecule has 0 saturated carbocycles. The van der Waals surface area contributed by atoms with E-state index in [0.717, 1.165) is 5.56 Å². The fourth-order valence-corrected chi connectivity index (χ4v) is 3.81. The van der Waals surface area contributed by atoms with E-state index in [1.807, 2.05) is 39.0 Å².